The van der Waals surface area contributed by atoms with Crippen LogP contribution in [-0.2, 0) is 0 Å². The molecule has 0 unspecified atom stereocenters. The molecule has 2 aromatic rings. The van der Waals surface area contributed by atoms with Crippen LogP contribution in [0.25, 0.3) is 11.3 Å². The smallest absolute Gasteiger partial charge is 0.102 e. The van der Waals surface area contributed by atoms with Crippen LogP contribution in [0.2, 0.25) is 0 Å². The first kappa shape index (κ1) is 11.9. The quantitative estimate of drug-likeness (QED) is 0.814. The van der Waals surface area contributed by atoms with Gasteiger partial charge in [0.15, 0.2) is 0 Å². The molecule has 0 amide bonds. The molecular formula is C15H13N3. The summed E-state index contributed by atoms with van der Waals surface area (Å²) in [5.41, 5.74) is 9.83. The van der Waals surface area contributed by atoms with E-state index in [1.165, 1.54) is 0 Å². The number of nitrogens with two attached hydrogens (primary N) is 1. The molecule has 1 aromatic carbocycles. The zero-order valence-electron chi connectivity index (χ0n) is 10.1. The molecular weight excluding hydrogens is 222 g/mol. The number of nitriles is 1. The van der Waals surface area contributed by atoms with Crippen molar-refractivity contribution in [2.24, 2.45) is 5.73 Å². The largest absolute Gasteiger partial charge is 0.397 e. The fraction of sp³-hybridized carbons (Fsp3) is 0.0667. The van der Waals surface area contributed by atoms with Crippen molar-refractivity contribution in [3.63, 3.8) is 0 Å². The van der Waals surface area contributed by atoms with Crippen LogP contribution in [0.1, 0.15) is 16.7 Å². The third kappa shape index (κ3) is 2.38. The lowest BCUT2D eigenvalue weighted by atomic mass is 10.0. The van der Waals surface area contributed by atoms with E-state index in [0.29, 0.717) is 11.3 Å². The predicted molar refractivity (Wildman–Crippen MR) is 72.0 cm³/mol. The lowest BCUT2D eigenvalue weighted by molar-refractivity contribution is 1.31. The summed E-state index contributed by atoms with van der Waals surface area (Å²) in [5.74, 6) is 0. The van der Waals surface area contributed by atoms with Gasteiger partial charge >= 0.3 is 0 Å². The molecule has 2 rings (SSSR count). The Morgan fingerprint density at radius 1 is 1.06 bits per heavy atom. The molecule has 0 aliphatic heterocycles. The Morgan fingerprint density at radius 2 is 1.67 bits per heavy atom. The monoisotopic (exact) mass is 235 g/mol. The summed E-state index contributed by atoms with van der Waals surface area (Å²) in [6.07, 6.45) is 3.30. The summed E-state index contributed by atoms with van der Waals surface area (Å²) in [6.45, 7) is 2.01. The number of nitrogens with zero attached hydrogens (tertiary/aromatic N) is 2. The topological polar surface area (TPSA) is 62.7 Å². The van der Waals surface area contributed by atoms with Crippen molar-refractivity contribution < 1.29 is 0 Å². The fourth-order valence-corrected chi connectivity index (χ4v) is 1.68. The molecule has 0 spiro atoms. The van der Waals surface area contributed by atoms with Gasteiger partial charge in [-0.2, -0.15) is 5.26 Å². The molecule has 0 saturated heterocycles. The van der Waals surface area contributed by atoms with Crippen LogP contribution in [0, 0.1) is 18.3 Å². The van der Waals surface area contributed by atoms with E-state index in [4.69, 9.17) is 5.73 Å². The summed E-state index contributed by atoms with van der Waals surface area (Å²) in [6, 6.07) is 13.5. The highest BCUT2D eigenvalue weighted by molar-refractivity contribution is 5.95. The van der Waals surface area contributed by atoms with Crippen molar-refractivity contribution in [1.82, 2.24) is 4.98 Å². The van der Waals surface area contributed by atoms with Gasteiger partial charge < -0.3 is 5.73 Å². The van der Waals surface area contributed by atoms with E-state index >= 15 is 0 Å². The second kappa shape index (κ2) is 5.15. The molecule has 0 atom stereocenters. The van der Waals surface area contributed by atoms with E-state index in [1.807, 2.05) is 31.2 Å². The molecule has 2 N–H and O–H groups in total. The number of aryl methyl sites for hydroxylation is 1. The molecule has 1 aromatic heterocycles. The predicted octanol–water partition coefficient (Wildman–Crippen LogP) is 2.74. The van der Waals surface area contributed by atoms with E-state index in [1.54, 1.807) is 24.5 Å². The molecule has 0 saturated carbocycles. The molecule has 0 fully saturated rings. The third-order valence-electron chi connectivity index (χ3n) is 2.71. The Labute approximate surface area is 106 Å². The van der Waals surface area contributed by atoms with Gasteiger partial charge in [-0.3, -0.25) is 4.98 Å². The SMILES string of the molecule is Cc1ccc(/C(N)=C(/C#N)c2ccncc2)cc1. The van der Waals surface area contributed by atoms with Gasteiger partial charge in [0.2, 0.25) is 0 Å². The first-order chi connectivity index (χ1) is 8.72. The number of aromatic nitrogens is 1. The van der Waals surface area contributed by atoms with Crippen LogP contribution in [0.3, 0.4) is 0 Å². The second-order valence-electron chi connectivity index (χ2n) is 4.00. The Balaban J connectivity index is 2.51. The van der Waals surface area contributed by atoms with Gasteiger partial charge in [0.25, 0.3) is 0 Å². The first-order valence-electron chi connectivity index (χ1n) is 5.59. The average molecular weight is 235 g/mol. The van der Waals surface area contributed by atoms with Crippen LogP contribution < -0.4 is 5.73 Å². The van der Waals surface area contributed by atoms with E-state index in [9.17, 15) is 5.26 Å². The molecule has 3 heteroatoms. The number of rotatable bonds is 2. The minimum Gasteiger partial charge on any atom is -0.397 e. The molecule has 1 heterocycles. The Morgan fingerprint density at radius 3 is 2.22 bits per heavy atom. The van der Waals surface area contributed by atoms with Gasteiger partial charge in [-0.25, -0.2) is 0 Å². The summed E-state index contributed by atoms with van der Waals surface area (Å²) >= 11 is 0. The molecule has 3 nitrogen and oxygen atoms in total. The van der Waals surface area contributed by atoms with E-state index in [2.05, 4.69) is 11.1 Å². The van der Waals surface area contributed by atoms with Crippen molar-refractivity contribution in [3.05, 3.63) is 65.5 Å². The van der Waals surface area contributed by atoms with Gasteiger partial charge in [-0.1, -0.05) is 29.8 Å². The van der Waals surface area contributed by atoms with Crippen molar-refractivity contribution in [2.45, 2.75) is 6.92 Å². The maximum Gasteiger partial charge on any atom is 0.102 e. The maximum atomic E-state index is 9.26. The molecule has 0 aliphatic carbocycles. The Bertz CT molecular complexity index is 604. The minimum absolute atomic E-state index is 0.473. The normalized spacial score (nSPS) is 11.6. The van der Waals surface area contributed by atoms with Crippen molar-refractivity contribution in [3.8, 4) is 6.07 Å². The van der Waals surface area contributed by atoms with Crippen LogP contribution in [0.5, 0.6) is 0 Å². The van der Waals surface area contributed by atoms with Crippen molar-refractivity contribution in [2.75, 3.05) is 0 Å². The lowest BCUT2D eigenvalue weighted by Gasteiger charge is -2.06. The van der Waals surface area contributed by atoms with Gasteiger partial charge in [0, 0.05) is 12.4 Å². The number of hydrogen-bond acceptors (Lipinski definition) is 3. The lowest BCUT2D eigenvalue weighted by Crippen LogP contribution is -2.00. The highest BCUT2D eigenvalue weighted by Gasteiger charge is 2.07. The van der Waals surface area contributed by atoms with Crippen molar-refractivity contribution in [1.29, 1.82) is 5.26 Å². The fourth-order valence-electron chi connectivity index (χ4n) is 1.68. The Kier molecular flexibility index (Phi) is 3.40. The number of benzene rings is 1. The van der Waals surface area contributed by atoms with Crippen LogP contribution in [0.15, 0.2) is 48.8 Å². The first-order valence-corrected chi connectivity index (χ1v) is 5.59. The van der Waals surface area contributed by atoms with Crippen LogP contribution in [-0.4, -0.2) is 4.98 Å². The van der Waals surface area contributed by atoms with E-state index < -0.39 is 0 Å². The molecule has 0 aliphatic rings. The van der Waals surface area contributed by atoms with Crippen LogP contribution in [0.4, 0.5) is 0 Å². The molecule has 88 valence electrons. The average Bonchev–Trinajstić information content (AvgIpc) is 2.41. The second-order valence-corrected chi connectivity index (χ2v) is 4.00. The summed E-state index contributed by atoms with van der Waals surface area (Å²) in [4.78, 5) is 3.93. The van der Waals surface area contributed by atoms with E-state index in [-0.39, 0.29) is 0 Å². The number of pyridine rings is 1. The highest BCUT2D eigenvalue weighted by atomic mass is 14.6. The standard InChI is InChI=1S/C15H13N3/c1-11-2-4-13(5-3-11)15(17)14(10-16)12-6-8-18-9-7-12/h2-9H,17H2,1H3/b15-14+. The summed E-state index contributed by atoms with van der Waals surface area (Å²) in [7, 11) is 0. The van der Waals surface area contributed by atoms with E-state index in [0.717, 1.165) is 16.7 Å². The maximum absolute atomic E-state index is 9.26. The van der Waals surface area contributed by atoms with Gasteiger partial charge in [-0.15, -0.1) is 0 Å². The zero-order valence-corrected chi connectivity index (χ0v) is 10.1. The number of hydrogen-bond donors (Lipinski definition) is 1. The molecule has 0 bridgehead atoms. The number of allylic oxidation sites excluding steroid dienone is 1. The van der Waals surface area contributed by atoms with Gasteiger partial charge in [0.1, 0.15) is 6.07 Å². The summed E-state index contributed by atoms with van der Waals surface area (Å²) < 4.78 is 0. The summed E-state index contributed by atoms with van der Waals surface area (Å²) in [5, 5.41) is 9.26. The van der Waals surface area contributed by atoms with Crippen molar-refractivity contribution >= 4 is 11.3 Å². The molecule has 18 heavy (non-hydrogen) atoms. The highest BCUT2D eigenvalue weighted by Crippen LogP contribution is 2.21. The van der Waals surface area contributed by atoms with Gasteiger partial charge in [-0.05, 0) is 30.2 Å². The Hall–Kier alpha value is -2.60. The van der Waals surface area contributed by atoms with Crippen LogP contribution >= 0.6 is 0 Å². The third-order valence-corrected chi connectivity index (χ3v) is 2.71. The molecule has 0 radical (unpaired) electrons. The zero-order chi connectivity index (χ0) is 13.0. The van der Waals surface area contributed by atoms with Gasteiger partial charge in [0.05, 0.1) is 11.3 Å². The minimum atomic E-state index is 0.473.